The van der Waals surface area contributed by atoms with Crippen molar-refractivity contribution in [2.45, 2.75) is 30.6 Å². The standard InChI is InChI=1S/C16H22N2O5S/c1-17-24(21,22)14-8-6-7-13(11-14)16(20)23-12-15(19)18-9-4-2-3-5-10-18/h6-8,11,17H,2-5,9-10,12H2,1H3. The molecule has 1 aliphatic rings. The number of amides is 1. The highest BCUT2D eigenvalue weighted by Crippen LogP contribution is 2.13. The summed E-state index contributed by atoms with van der Waals surface area (Å²) in [5.41, 5.74) is 0.0926. The molecule has 0 radical (unpaired) electrons. The molecule has 1 N–H and O–H groups in total. The van der Waals surface area contributed by atoms with Gasteiger partial charge in [-0.05, 0) is 38.1 Å². The molecule has 0 bridgehead atoms. The summed E-state index contributed by atoms with van der Waals surface area (Å²) in [4.78, 5) is 25.8. The van der Waals surface area contributed by atoms with Gasteiger partial charge < -0.3 is 9.64 Å². The van der Waals surface area contributed by atoms with E-state index in [-0.39, 0.29) is 23.0 Å². The van der Waals surface area contributed by atoms with Gasteiger partial charge in [0.05, 0.1) is 10.5 Å². The third kappa shape index (κ3) is 4.78. The highest BCUT2D eigenvalue weighted by molar-refractivity contribution is 7.89. The average Bonchev–Trinajstić information content (AvgIpc) is 2.89. The van der Waals surface area contributed by atoms with E-state index < -0.39 is 16.0 Å². The van der Waals surface area contributed by atoms with Gasteiger partial charge in [-0.25, -0.2) is 17.9 Å². The maximum atomic E-state index is 12.1. The summed E-state index contributed by atoms with van der Waals surface area (Å²) >= 11 is 0. The zero-order valence-corrected chi connectivity index (χ0v) is 14.5. The topological polar surface area (TPSA) is 92.8 Å². The maximum absolute atomic E-state index is 12.1. The fourth-order valence-corrected chi connectivity index (χ4v) is 3.31. The van der Waals surface area contributed by atoms with Gasteiger partial charge in [-0.1, -0.05) is 18.9 Å². The maximum Gasteiger partial charge on any atom is 0.338 e. The molecule has 24 heavy (non-hydrogen) atoms. The first-order valence-electron chi connectivity index (χ1n) is 7.92. The molecule has 7 nitrogen and oxygen atoms in total. The van der Waals surface area contributed by atoms with Crippen LogP contribution in [-0.2, 0) is 19.6 Å². The number of benzene rings is 1. The molecule has 0 unspecified atom stereocenters. The summed E-state index contributed by atoms with van der Waals surface area (Å²) in [7, 11) is -2.35. The van der Waals surface area contributed by atoms with Crippen molar-refractivity contribution < 1.29 is 22.7 Å². The minimum Gasteiger partial charge on any atom is -0.452 e. The first-order valence-corrected chi connectivity index (χ1v) is 9.41. The molecule has 2 rings (SSSR count). The molecule has 1 aliphatic heterocycles. The zero-order valence-electron chi connectivity index (χ0n) is 13.7. The van der Waals surface area contributed by atoms with Crippen molar-refractivity contribution in [1.82, 2.24) is 9.62 Å². The Bertz CT molecular complexity index is 694. The van der Waals surface area contributed by atoms with Crippen LogP contribution >= 0.6 is 0 Å². The summed E-state index contributed by atoms with van der Waals surface area (Å²) in [6.45, 7) is 1.04. The van der Waals surface area contributed by atoms with Crippen molar-refractivity contribution in [1.29, 1.82) is 0 Å². The van der Waals surface area contributed by atoms with Gasteiger partial charge >= 0.3 is 5.97 Å². The minimum atomic E-state index is -3.64. The van der Waals surface area contributed by atoms with E-state index in [2.05, 4.69) is 4.72 Å². The van der Waals surface area contributed by atoms with E-state index in [9.17, 15) is 18.0 Å². The van der Waals surface area contributed by atoms with E-state index in [1.807, 2.05) is 0 Å². The number of hydrogen-bond donors (Lipinski definition) is 1. The summed E-state index contributed by atoms with van der Waals surface area (Å²) in [5, 5.41) is 0. The molecule has 1 fully saturated rings. The van der Waals surface area contributed by atoms with E-state index in [0.29, 0.717) is 13.1 Å². The second kappa shape index (κ2) is 8.25. The Morgan fingerprint density at radius 1 is 1.17 bits per heavy atom. The van der Waals surface area contributed by atoms with Crippen molar-refractivity contribution in [3.8, 4) is 0 Å². The Balaban J connectivity index is 1.97. The number of ether oxygens (including phenoxy) is 1. The molecular weight excluding hydrogens is 332 g/mol. The third-order valence-electron chi connectivity index (χ3n) is 3.93. The van der Waals surface area contributed by atoms with Crippen molar-refractivity contribution in [3.05, 3.63) is 29.8 Å². The number of rotatable bonds is 5. The summed E-state index contributed by atoms with van der Waals surface area (Å²) in [6, 6.07) is 5.51. The van der Waals surface area contributed by atoms with Crippen LogP contribution in [-0.4, -0.2) is 51.9 Å². The molecule has 0 aromatic heterocycles. The number of hydrogen-bond acceptors (Lipinski definition) is 5. The second-order valence-corrected chi connectivity index (χ2v) is 7.49. The normalized spacial score (nSPS) is 15.6. The summed E-state index contributed by atoms with van der Waals surface area (Å²) in [6.07, 6.45) is 4.14. The van der Waals surface area contributed by atoms with Crippen LogP contribution in [0.25, 0.3) is 0 Å². The first-order chi connectivity index (χ1) is 11.4. The zero-order chi connectivity index (χ0) is 17.6. The third-order valence-corrected chi connectivity index (χ3v) is 5.35. The van der Waals surface area contributed by atoms with Crippen molar-refractivity contribution in [2.75, 3.05) is 26.7 Å². The van der Waals surface area contributed by atoms with Gasteiger partial charge in [0.2, 0.25) is 10.0 Å². The lowest BCUT2D eigenvalue weighted by atomic mass is 10.2. The Kier molecular flexibility index (Phi) is 6.33. The predicted molar refractivity (Wildman–Crippen MR) is 88.0 cm³/mol. The molecule has 132 valence electrons. The highest BCUT2D eigenvalue weighted by atomic mass is 32.2. The Hall–Kier alpha value is -1.93. The van der Waals surface area contributed by atoms with Crippen LogP contribution in [0.3, 0.4) is 0 Å². The molecular formula is C16H22N2O5S. The molecule has 0 spiro atoms. The number of likely N-dealkylation sites (tertiary alicyclic amines) is 1. The second-order valence-electron chi connectivity index (χ2n) is 5.61. The van der Waals surface area contributed by atoms with Crippen molar-refractivity contribution in [3.63, 3.8) is 0 Å². The van der Waals surface area contributed by atoms with E-state index in [1.165, 1.54) is 31.3 Å². The molecule has 0 aliphatic carbocycles. The number of carbonyl (C=O) groups excluding carboxylic acids is 2. The lowest BCUT2D eigenvalue weighted by Gasteiger charge is -2.19. The smallest absolute Gasteiger partial charge is 0.338 e. The van der Waals surface area contributed by atoms with Crippen molar-refractivity contribution >= 4 is 21.9 Å². The monoisotopic (exact) mass is 354 g/mol. The van der Waals surface area contributed by atoms with Gasteiger partial charge in [0.25, 0.3) is 5.91 Å². The Labute approximate surface area is 142 Å². The number of nitrogens with one attached hydrogen (secondary N) is 1. The number of nitrogens with zero attached hydrogens (tertiary/aromatic N) is 1. The number of carbonyl (C=O) groups is 2. The first kappa shape index (κ1) is 18.4. The molecule has 0 atom stereocenters. The SMILES string of the molecule is CNS(=O)(=O)c1cccc(C(=O)OCC(=O)N2CCCCCC2)c1. The van der Waals surface area contributed by atoms with Gasteiger partial charge in [0.1, 0.15) is 0 Å². The lowest BCUT2D eigenvalue weighted by Crippen LogP contribution is -2.35. The Morgan fingerprint density at radius 3 is 2.46 bits per heavy atom. The van der Waals surface area contributed by atoms with Crippen LogP contribution in [0.5, 0.6) is 0 Å². The average molecular weight is 354 g/mol. The van der Waals surface area contributed by atoms with Crippen LogP contribution in [0.1, 0.15) is 36.0 Å². The van der Waals surface area contributed by atoms with Crippen LogP contribution in [0, 0.1) is 0 Å². The molecule has 1 saturated heterocycles. The van der Waals surface area contributed by atoms with E-state index in [0.717, 1.165) is 25.7 Å². The van der Waals surface area contributed by atoms with Gasteiger partial charge in [0, 0.05) is 13.1 Å². The number of sulfonamides is 1. The molecule has 1 aromatic carbocycles. The molecule has 0 saturated carbocycles. The predicted octanol–water partition coefficient (Wildman–Crippen LogP) is 1.15. The van der Waals surface area contributed by atoms with Gasteiger partial charge in [-0.2, -0.15) is 0 Å². The summed E-state index contributed by atoms with van der Waals surface area (Å²) < 4.78 is 30.7. The Morgan fingerprint density at radius 2 is 1.83 bits per heavy atom. The van der Waals surface area contributed by atoms with Crippen LogP contribution in [0.15, 0.2) is 29.2 Å². The minimum absolute atomic E-state index is 0.0294. The van der Waals surface area contributed by atoms with Gasteiger partial charge in [-0.3, -0.25) is 4.79 Å². The number of esters is 1. The fraction of sp³-hybridized carbons (Fsp3) is 0.500. The fourth-order valence-electron chi connectivity index (χ4n) is 2.53. The highest BCUT2D eigenvalue weighted by Gasteiger charge is 2.19. The molecule has 8 heteroatoms. The van der Waals surface area contributed by atoms with Crippen molar-refractivity contribution in [2.24, 2.45) is 0 Å². The van der Waals surface area contributed by atoms with Crippen LogP contribution < -0.4 is 4.72 Å². The van der Waals surface area contributed by atoms with E-state index in [1.54, 1.807) is 4.90 Å². The van der Waals surface area contributed by atoms with Crippen LogP contribution in [0.2, 0.25) is 0 Å². The molecule has 1 amide bonds. The van der Waals surface area contributed by atoms with Crippen LogP contribution in [0.4, 0.5) is 0 Å². The lowest BCUT2D eigenvalue weighted by molar-refractivity contribution is -0.134. The molecule has 1 heterocycles. The van der Waals surface area contributed by atoms with Gasteiger partial charge in [-0.15, -0.1) is 0 Å². The van der Waals surface area contributed by atoms with E-state index >= 15 is 0 Å². The van der Waals surface area contributed by atoms with E-state index in [4.69, 9.17) is 4.74 Å². The van der Waals surface area contributed by atoms with Gasteiger partial charge in [0.15, 0.2) is 6.61 Å². The largest absolute Gasteiger partial charge is 0.452 e. The molecule has 1 aromatic rings. The summed E-state index contributed by atoms with van der Waals surface area (Å²) in [5.74, 6) is -0.935. The quantitative estimate of drug-likeness (QED) is 0.801.